The summed E-state index contributed by atoms with van der Waals surface area (Å²) in [6, 6.07) is 9.58. The first-order valence-electron chi connectivity index (χ1n) is 7.28. The summed E-state index contributed by atoms with van der Waals surface area (Å²) in [4.78, 5) is 21.1. The molecule has 0 radical (unpaired) electrons. The molecule has 110 valence electrons. The zero-order chi connectivity index (χ0) is 14.8. The number of aromatic nitrogens is 1. The Morgan fingerprint density at radius 2 is 2.00 bits per heavy atom. The minimum absolute atomic E-state index is 0.0252. The lowest BCUT2D eigenvalue weighted by Gasteiger charge is -2.20. The first-order valence-corrected chi connectivity index (χ1v) is 7.28. The summed E-state index contributed by atoms with van der Waals surface area (Å²) >= 11 is 0. The second-order valence-electron chi connectivity index (χ2n) is 5.56. The van der Waals surface area contributed by atoms with E-state index in [-0.39, 0.29) is 5.91 Å². The smallest absolute Gasteiger partial charge is 0.272 e. The maximum atomic E-state index is 12.6. The number of anilines is 1. The molecule has 1 amide bonds. The fraction of sp³-hybridized carbons (Fsp3) is 0.375. The van der Waals surface area contributed by atoms with Crippen LogP contribution in [-0.4, -0.2) is 53.9 Å². The highest BCUT2D eigenvalue weighted by molar-refractivity contribution is 5.99. The van der Waals surface area contributed by atoms with E-state index in [1.807, 2.05) is 35.2 Å². The molecule has 1 aliphatic heterocycles. The second kappa shape index (κ2) is 5.69. The van der Waals surface area contributed by atoms with E-state index in [0.29, 0.717) is 11.5 Å². The molecule has 5 nitrogen and oxygen atoms in total. The summed E-state index contributed by atoms with van der Waals surface area (Å²) in [5.74, 6) is 0.395. The van der Waals surface area contributed by atoms with Crippen LogP contribution in [0.5, 0.6) is 0 Å². The molecule has 0 bridgehead atoms. The van der Waals surface area contributed by atoms with E-state index in [1.54, 1.807) is 0 Å². The van der Waals surface area contributed by atoms with Gasteiger partial charge in [-0.1, -0.05) is 24.3 Å². The van der Waals surface area contributed by atoms with Crippen molar-refractivity contribution >= 4 is 22.5 Å². The second-order valence-corrected chi connectivity index (χ2v) is 5.56. The lowest BCUT2D eigenvalue weighted by molar-refractivity contribution is 0.0757. The number of fused-ring (bicyclic) bond motifs is 1. The molecule has 2 N–H and O–H groups in total. The summed E-state index contributed by atoms with van der Waals surface area (Å²) < 4.78 is 0. The quantitative estimate of drug-likeness (QED) is 0.864. The molecule has 0 atom stereocenters. The van der Waals surface area contributed by atoms with Crippen molar-refractivity contribution in [1.82, 2.24) is 14.8 Å². The number of hydrogen-bond donors (Lipinski definition) is 1. The largest absolute Gasteiger partial charge is 0.383 e. The standard InChI is InChI=1S/C16H20N4O/c1-19-7-4-8-20(10-9-19)16(21)14-11-12-5-2-3-6-13(12)15(17)18-14/h2-3,5-6,11H,4,7-10H2,1H3,(H2,17,18). The molecule has 21 heavy (non-hydrogen) atoms. The molecule has 1 saturated heterocycles. The lowest BCUT2D eigenvalue weighted by atomic mass is 10.1. The van der Waals surface area contributed by atoms with Crippen molar-refractivity contribution < 1.29 is 4.79 Å². The van der Waals surface area contributed by atoms with Crippen LogP contribution in [-0.2, 0) is 0 Å². The molecule has 0 saturated carbocycles. The van der Waals surface area contributed by atoms with Crippen LogP contribution in [0.15, 0.2) is 30.3 Å². The van der Waals surface area contributed by atoms with Gasteiger partial charge >= 0.3 is 0 Å². The van der Waals surface area contributed by atoms with E-state index in [0.717, 1.165) is 43.4 Å². The van der Waals surface area contributed by atoms with Crippen molar-refractivity contribution in [3.63, 3.8) is 0 Å². The molecule has 0 unspecified atom stereocenters. The fourth-order valence-electron chi connectivity index (χ4n) is 2.75. The number of nitrogen functional groups attached to an aromatic ring is 1. The van der Waals surface area contributed by atoms with E-state index < -0.39 is 0 Å². The number of carbonyl (C=O) groups is 1. The predicted octanol–water partition coefficient (Wildman–Crippen LogP) is 1.59. The molecule has 1 aromatic carbocycles. The molecule has 0 aliphatic carbocycles. The van der Waals surface area contributed by atoms with Gasteiger partial charge in [0.15, 0.2) is 0 Å². The number of nitrogens with two attached hydrogens (primary N) is 1. The maximum absolute atomic E-state index is 12.6. The first kappa shape index (κ1) is 13.8. The van der Waals surface area contributed by atoms with Crippen LogP contribution in [0.2, 0.25) is 0 Å². The van der Waals surface area contributed by atoms with Gasteiger partial charge in [0.1, 0.15) is 11.5 Å². The molecular weight excluding hydrogens is 264 g/mol. The topological polar surface area (TPSA) is 62.5 Å². The molecule has 0 spiro atoms. The van der Waals surface area contributed by atoms with Crippen LogP contribution in [0.1, 0.15) is 16.9 Å². The fourth-order valence-corrected chi connectivity index (χ4v) is 2.75. The number of pyridine rings is 1. The van der Waals surface area contributed by atoms with E-state index in [9.17, 15) is 4.79 Å². The van der Waals surface area contributed by atoms with Gasteiger partial charge in [-0.2, -0.15) is 0 Å². The number of carbonyl (C=O) groups excluding carboxylic acids is 1. The van der Waals surface area contributed by atoms with Crippen LogP contribution in [0.25, 0.3) is 10.8 Å². The van der Waals surface area contributed by atoms with Gasteiger partial charge in [-0.25, -0.2) is 4.98 Å². The molecule has 1 aliphatic rings. The highest BCUT2D eigenvalue weighted by Crippen LogP contribution is 2.21. The van der Waals surface area contributed by atoms with Crippen molar-refractivity contribution in [3.05, 3.63) is 36.0 Å². The summed E-state index contributed by atoms with van der Waals surface area (Å²) in [6.07, 6.45) is 0.991. The van der Waals surface area contributed by atoms with Gasteiger partial charge in [-0.05, 0) is 31.5 Å². The Kier molecular flexibility index (Phi) is 3.75. The highest BCUT2D eigenvalue weighted by Gasteiger charge is 2.20. The summed E-state index contributed by atoms with van der Waals surface area (Å²) in [5.41, 5.74) is 6.43. The number of rotatable bonds is 1. The highest BCUT2D eigenvalue weighted by atomic mass is 16.2. The maximum Gasteiger partial charge on any atom is 0.272 e. The Bertz CT molecular complexity index is 670. The third kappa shape index (κ3) is 2.83. The van der Waals surface area contributed by atoms with E-state index in [4.69, 9.17) is 5.73 Å². The van der Waals surface area contributed by atoms with Gasteiger partial charge in [-0.15, -0.1) is 0 Å². The predicted molar refractivity (Wildman–Crippen MR) is 84.2 cm³/mol. The van der Waals surface area contributed by atoms with Crippen molar-refractivity contribution in [3.8, 4) is 0 Å². The summed E-state index contributed by atoms with van der Waals surface area (Å²) in [6.45, 7) is 3.44. The monoisotopic (exact) mass is 284 g/mol. The van der Waals surface area contributed by atoms with Crippen LogP contribution >= 0.6 is 0 Å². The van der Waals surface area contributed by atoms with E-state index in [1.165, 1.54) is 0 Å². The van der Waals surface area contributed by atoms with Gasteiger partial charge < -0.3 is 15.5 Å². The van der Waals surface area contributed by atoms with Gasteiger partial charge in [0.05, 0.1) is 0 Å². The van der Waals surface area contributed by atoms with Crippen LogP contribution in [0, 0.1) is 0 Å². The SMILES string of the molecule is CN1CCCN(C(=O)c2cc3ccccc3c(N)n2)CC1. The van der Waals surface area contributed by atoms with Crippen molar-refractivity contribution in [1.29, 1.82) is 0 Å². The van der Waals surface area contributed by atoms with Crippen LogP contribution in [0.3, 0.4) is 0 Å². The van der Waals surface area contributed by atoms with E-state index >= 15 is 0 Å². The zero-order valence-corrected chi connectivity index (χ0v) is 12.2. The van der Waals surface area contributed by atoms with Crippen LogP contribution < -0.4 is 5.73 Å². The Balaban J connectivity index is 1.90. The average molecular weight is 284 g/mol. The van der Waals surface area contributed by atoms with Crippen molar-refractivity contribution in [2.24, 2.45) is 0 Å². The molecule has 2 aromatic rings. The third-order valence-electron chi connectivity index (χ3n) is 4.00. The molecule has 2 heterocycles. The summed E-state index contributed by atoms with van der Waals surface area (Å²) in [7, 11) is 2.08. The molecule has 5 heteroatoms. The molecule has 1 fully saturated rings. The number of amides is 1. The Morgan fingerprint density at radius 1 is 1.19 bits per heavy atom. The van der Waals surface area contributed by atoms with Gasteiger partial charge in [-0.3, -0.25) is 4.79 Å². The minimum atomic E-state index is -0.0252. The number of benzene rings is 1. The van der Waals surface area contributed by atoms with Crippen molar-refractivity contribution in [2.45, 2.75) is 6.42 Å². The molecule has 3 rings (SSSR count). The average Bonchev–Trinajstić information content (AvgIpc) is 2.71. The van der Waals surface area contributed by atoms with Crippen LogP contribution in [0.4, 0.5) is 5.82 Å². The molecule has 1 aromatic heterocycles. The van der Waals surface area contributed by atoms with Gasteiger partial charge in [0, 0.05) is 25.0 Å². The first-order chi connectivity index (χ1) is 10.1. The number of nitrogens with zero attached hydrogens (tertiary/aromatic N) is 3. The van der Waals surface area contributed by atoms with Crippen molar-refractivity contribution in [2.75, 3.05) is 39.0 Å². The number of hydrogen-bond acceptors (Lipinski definition) is 4. The Hall–Kier alpha value is -2.14. The van der Waals surface area contributed by atoms with E-state index in [2.05, 4.69) is 16.9 Å². The Labute approximate surface area is 124 Å². The van der Waals surface area contributed by atoms with Gasteiger partial charge in [0.25, 0.3) is 5.91 Å². The third-order valence-corrected chi connectivity index (χ3v) is 4.00. The Morgan fingerprint density at radius 3 is 2.86 bits per heavy atom. The lowest BCUT2D eigenvalue weighted by Crippen LogP contribution is -2.35. The van der Waals surface area contributed by atoms with Gasteiger partial charge in [0.2, 0.25) is 0 Å². The summed E-state index contributed by atoms with van der Waals surface area (Å²) in [5, 5.41) is 1.85. The molecular formula is C16H20N4O. The minimum Gasteiger partial charge on any atom is -0.383 e. The number of likely N-dealkylation sites (N-methyl/N-ethyl adjacent to an activating group) is 1. The zero-order valence-electron chi connectivity index (χ0n) is 12.2. The normalized spacial score (nSPS) is 16.9.